The molecule has 0 atom stereocenters. The molecule has 0 fully saturated rings. The van der Waals surface area contributed by atoms with Crippen LogP contribution < -0.4 is 10.4 Å². The molecule has 0 aliphatic rings. The number of esters is 1. The van der Waals surface area contributed by atoms with Crippen molar-refractivity contribution in [3.05, 3.63) is 64.8 Å². The molecule has 140 valence electrons. The molecule has 0 saturated heterocycles. The van der Waals surface area contributed by atoms with Crippen molar-refractivity contribution in [3.63, 3.8) is 0 Å². The van der Waals surface area contributed by atoms with Crippen molar-refractivity contribution in [3.8, 4) is 28.6 Å². The van der Waals surface area contributed by atoms with Crippen LogP contribution in [0, 0.1) is 5.82 Å². The first-order valence-electron chi connectivity index (χ1n) is 8.43. The quantitative estimate of drug-likeness (QED) is 0.300. The fourth-order valence-electron chi connectivity index (χ4n) is 2.63. The van der Waals surface area contributed by atoms with Gasteiger partial charge in [-0.2, -0.15) is 4.98 Å². The summed E-state index contributed by atoms with van der Waals surface area (Å²) in [5.41, 5.74) is -0.457. The molecule has 0 saturated carbocycles. The molecular weight excluding hydrogens is 367 g/mol. The zero-order chi connectivity index (χ0) is 19.7. The Bertz CT molecular complexity index is 1240. The maximum atomic E-state index is 13.9. The van der Waals surface area contributed by atoms with Crippen LogP contribution in [0.4, 0.5) is 4.39 Å². The predicted molar refractivity (Wildman–Crippen MR) is 97.1 cm³/mol. The molecule has 28 heavy (non-hydrogen) atoms. The Morgan fingerprint density at radius 3 is 2.75 bits per heavy atom. The fourth-order valence-corrected chi connectivity index (χ4v) is 2.63. The minimum Gasteiger partial charge on any atom is -0.422 e. The molecule has 0 unspecified atom stereocenters. The SMILES string of the molecule is CCC(=O)Oc1cccc2cc(-c3nc(-c4ccccc4F)no3)c(=O)oc12. The Labute approximate surface area is 157 Å². The van der Waals surface area contributed by atoms with Crippen LogP contribution in [0.2, 0.25) is 0 Å². The summed E-state index contributed by atoms with van der Waals surface area (Å²) in [6.07, 6.45) is 0.180. The molecule has 4 rings (SSSR count). The summed E-state index contributed by atoms with van der Waals surface area (Å²) >= 11 is 0. The highest BCUT2D eigenvalue weighted by Gasteiger charge is 2.19. The fraction of sp³-hybridized carbons (Fsp3) is 0.100. The summed E-state index contributed by atoms with van der Waals surface area (Å²) in [6.45, 7) is 1.66. The number of halogens is 1. The molecule has 7 nitrogen and oxygen atoms in total. The summed E-state index contributed by atoms with van der Waals surface area (Å²) in [5, 5.41) is 4.24. The lowest BCUT2D eigenvalue weighted by atomic mass is 10.1. The molecule has 0 bridgehead atoms. The first kappa shape index (κ1) is 17.6. The Balaban J connectivity index is 1.78. The highest BCUT2D eigenvalue weighted by Crippen LogP contribution is 2.28. The van der Waals surface area contributed by atoms with Crippen molar-refractivity contribution in [1.82, 2.24) is 10.1 Å². The van der Waals surface area contributed by atoms with E-state index in [0.717, 1.165) is 0 Å². The molecule has 0 N–H and O–H groups in total. The van der Waals surface area contributed by atoms with E-state index >= 15 is 0 Å². The van der Waals surface area contributed by atoms with Crippen LogP contribution in [-0.2, 0) is 4.79 Å². The van der Waals surface area contributed by atoms with Gasteiger partial charge in [0.1, 0.15) is 11.4 Å². The van der Waals surface area contributed by atoms with Crippen LogP contribution in [-0.4, -0.2) is 16.1 Å². The predicted octanol–water partition coefficient (Wildman–Crippen LogP) is 3.96. The second-order valence-electron chi connectivity index (χ2n) is 5.85. The van der Waals surface area contributed by atoms with Gasteiger partial charge < -0.3 is 13.7 Å². The van der Waals surface area contributed by atoms with Gasteiger partial charge in [-0.15, -0.1) is 0 Å². The number of aromatic nitrogens is 2. The molecule has 4 aromatic rings. The number of hydrogen-bond donors (Lipinski definition) is 0. The van der Waals surface area contributed by atoms with Crippen LogP contribution >= 0.6 is 0 Å². The van der Waals surface area contributed by atoms with Crippen LogP contribution in [0.1, 0.15) is 13.3 Å². The summed E-state index contributed by atoms with van der Waals surface area (Å²) in [4.78, 5) is 28.1. The van der Waals surface area contributed by atoms with Gasteiger partial charge in [0.15, 0.2) is 11.3 Å². The molecule has 2 aromatic heterocycles. The van der Waals surface area contributed by atoms with E-state index in [1.807, 2.05) is 0 Å². The number of para-hydroxylation sites is 1. The minimum atomic E-state index is -0.753. The van der Waals surface area contributed by atoms with Crippen LogP contribution in [0.15, 0.2) is 62.3 Å². The number of nitrogens with zero attached hydrogens (tertiary/aromatic N) is 2. The average molecular weight is 380 g/mol. The van der Waals surface area contributed by atoms with Crippen molar-refractivity contribution < 1.29 is 22.9 Å². The van der Waals surface area contributed by atoms with E-state index in [1.165, 1.54) is 24.3 Å². The Kier molecular flexibility index (Phi) is 4.44. The van der Waals surface area contributed by atoms with Gasteiger partial charge in [0.25, 0.3) is 5.89 Å². The van der Waals surface area contributed by atoms with Crippen molar-refractivity contribution in [2.45, 2.75) is 13.3 Å². The lowest BCUT2D eigenvalue weighted by Crippen LogP contribution is -2.08. The molecule has 2 heterocycles. The van der Waals surface area contributed by atoms with E-state index < -0.39 is 17.4 Å². The zero-order valence-corrected chi connectivity index (χ0v) is 14.6. The third-order valence-electron chi connectivity index (χ3n) is 4.01. The second-order valence-corrected chi connectivity index (χ2v) is 5.85. The number of ether oxygens (including phenoxy) is 1. The normalized spacial score (nSPS) is 10.9. The largest absolute Gasteiger partial charge is 0.422 e. The van der Waals surface area contributed by atoms with E-state index in [-0.39, 0.29) is 40.6 Å². The standard InChI is InChI=1S/C20H13FN2O5/c1-2-16(24)26-15-9-5-6-11-10-13(20(25)27-17(11)15)19-22-18(23-28-19)12-7-3-4-8-14(12)21/h3-10H,2H2,1H3. The first-order chi connectivity index (χ1) is 13.6. The monoisotopic (exact) mass is 380 g/mol. The maximum absolute atomic E-state index is 13.9. The van der Waals surface area contributed by atoms with Crippen molar-refractivity contribution >= 4 is 16.9 Å². The van der Waals surface area contributed by atoms with Crippen molar-refractivity contribution in [1.29, 1.82) is 0 Å². The summed E-state index contributed by atoms with van der Waals surface area (Å²) < 4.78 is 29.6. The number of benzene rings is 2. The number of hydrogen-bond acceptors (Lipinski definition) is 7. The molecular formula is C20H13FN2O5. The Morgan fingerprint density at radius 1 is 1.14 bits per heavy atom. The summed E-state index contributed by atoms with van der Waals surface area (Å²) in [7, 11) is 0. The number of fused-ring (bicyclic) bond motifs is 1. The smallest absolute Gasteiger partial charge is 0.349 e. The Morgan fingerprint density at radius 2 is 1.96 bits per heavy atom. The van der Waals surface area contributed by atoms with Gasteiger partial charge in [0.2, 0.25) is 5.82 Å². The topological polar surface area (TPSA) is 95.4 Å². The summed E-state index contributed by atoms with van der Waals surface area (Å²) in [6, 6.07) is 12.3. The number of rotatable bonds is 4. The lowest BCUT2D eigenvalue weighted by molar-refractivity contribution is -0.133. The van der Waals surface area contributed by atoms with Gasteiger partial charge in [0, 0.05) is 11.8 Å². The molecule has 0 radical (unpaired) electrons. The molecule has 0 spiro atoms. The van der Waals surface area contributed by atoms with E-state index in [2.05, 4.69) is 10.1 Å². The first-order valence-corrected chi connectivity index (χ1v) is 8.43. The molecule has 0 amide bonds. The Hall–Kier alpha value is -3.81. The van der Waals surface area contributed by atoms with Gasteiger partial charge in [-0.1, -0.05) is 36.3 Å². The van der Waals surface area contributed by atoms with Crippen molar-refractivity contribution in [2.24, 2.45) is 0 Å². The number of carbonyl (C=O) groups excluding carboxylic acids is 1. The molecule has 2 aromatic carbocycles. The van der Waals surface area contributed by atoms with E-state index in [9.17, 15) is 14.0 Å². The second kappa shape index (κ2) is 7.07. The molecule has 0 aliphatic carbocycles. The highest BCUT2D eigenvalue weighted by atomic mass is 19.1. The van der Waals surface area contributed by atoms with Crippen LogP contribution in [0.3, 0.4) is 0 Å². The summed E-state index contributed by atoms with van der Waals surface area (Å²) in [5.74, 6) is -0.915. The van der Waals surface area contributed by atoms with Crippen LogP contribution in [0.25, 0.3) is 33.8 Å². The highest BCUT2D eigenvalue weighted by molar-refractivity contribution is 5.87. The number of carbonyl (C=O) groups is 1. The molecule has 8 heteroatoms. The van der Waals surface area contributed by atoms with Gasteiger partial charge in [0.05, 0.1) is 5.56 Å². The molecule has 0 aliphatic heterocycles. The van der Waals surface area contributed by atoms with Crippen molar-refractivity contribution in [2.75, 3.05) is 0 Å². The van der Waals surface area contributed by atoms with E-state index in [1.54, 1.807) is 31.2 Å². The average Bonchev–Trinajstić information content (AvgIpc) is 3.18. The van der Waals surface area contributed by atoms with E-state index in [4.69, 9.17) is 13.7 Å². The maximum Gasteiger partial charge on any atom is 0.349 e. The van der Waals surface area contributed by atoms with Gasteiger partial charge in [-0.05, 0) is 24.3 Å². The van der Waals surface area contributed by atoms with Crippen LogP contribution in [0.5, 0.6) is 5.75 Å². The van der Waals surface area contributed by atoms with Gasteiger partial charge in [-0.3, -0.25) is 4.79 Å². The third kappa shape index (κ3) is 3.16. The van der Waals surface area contributed by atoms with E-state index in [0.29, 0.717) is 5.39 Å². The van der Waals surface area contributed by atoms with Gasteiger partial charge in [-0.25, -0.2) is 9.18 Å². The third-order valence-corrected chi connectivity index (χ3v) is 4.01. The lowest BCUT2D eigenvalue weighted by Gasteiger charge is -2.05. The van der Waals surface area contributed by atoms with Gasteiger partial charge >= 0.3 is 11.6 Å². The zero-order valence-electron chi connectivity index (χ0n) is 14.6. The minimum absolute atomic E-state index is 0.0122.